The number of aryl methyl sites for hydroxylation is 3. The van der Waals surface area contributed by atoms with Crippen molar-refractivity contribution < 1.29 is 18.3 Å². The van der Waals surface area contributed by atoms with E-state index < -0.39 is 5.82 Å². The molecule has 0 spiro atoms. The highest BCUT2D eigenvalue weighted by Gasteiger charge is 2.46. The van der Waals surface area contributed by atoms with Crippen LogP contribution in [-0.2, 0) is 4.79 Å². The summed E-state index contributed by atoms with van der Waals surface area (Å²) >= 11 is 0. The van der Waals surface area contributed by atoms with Crippen LogP contribution >= 0.6 is 0 Å². The van der Waals surface area contributed by atoms with Crippen molar-refractivity contribution in [1.29, 1.82) is 0 Å². The highest BCUT2D eigenvalue weighted by Crippen LogP contribution is 2.49. The SMILES string of the molecule is Cc1ncc(OCN(C(=O)C2CC2c2cccc(F)c2)c2cc(C)c(F)cn2)c(C)n1. The monoisotopic (exact) mass is 424 g/mol. The zero-order valence-corrected chi connectivity index (χ0v) is 17.5. The van der Waals surface area contributed by atoms with E-state index in [1.54, 1.807) is 33.0 Å². The molecule has 0 N–H and O–H groups in total. The maximum atomic E-state index is 13.7. The van der Waals surface area contributed by atoms with Gasteiger partial charge in [0, 0.05) is 5.92 Å². The number of hydrogen-bond donors (Lipinski definition) is 0. The maximum absolute atomic E-state index is 13.7. The minimum atomic E-state index is -0.455. The molecule has 4 rings (SSSR count). The van der Waals surface area contributed by atoms with Crippen LogP contribution in [-0.4, -0.2) is 27.6 Å². The third-order valence-electron chi connectivity index (χ3n) is 5.36. The highest BCUT2D eigenvalue weighted by atomic mass is 19.1. The fourth-order valence-electron chi connectivity index (χ4n) is 3.54. The number of anilines is 1. The van der Waals surface area contributed by atoms with Gasteiger partial charge < -0.3 is 4.74 Å². The van der Waals surface area contributed by atoms with Crippen molar-refractivity contribution in [3.63, 3.8) is 0 Å². The molecule has 2 atom stereocenters. The summed E-state index contributed by atoms with van der Waals surface area (Å²) in [7, 11) is 0. The fourth-order valence-corrected chi connectivity index (χ4v) is 3.54. The topological polar surface area (TPSA) is 68.2 Å². The molecule has 1 aliphatic rings. The van der Waals surface area contributed by atoms with Gasteiger partial charge in [-0.15, -0.1) is 0 Å². The first-order valence-corrected chi connectivity index (χ1v) is 9.95. The van der Waals surface area contributed by atoms with Crippen molar-refractivity contribution in [2.24, 2.45) is 5.92 Å². The van der Waals surface area contributed by atoms with Gasteiger partial charge in [-0.3, -0.25) is 9.69 Å². The number of benzene rings is 1. The second-order valence-electron chi connectivity index (χ2n) is 7.70. The van der Waals surface area contributed by atoms with Crippen LogP contribution in [0.4, 0.5) is 14.6 Å². The number of hydrogen-bond acceptors (Lipinski definition) is 5. The number of nitrogens with zero attached hydrogens (tertiary/aromatic N) is 4. The van der Waals surface area contributed by atoms with Gasteiger partial charge in [0.05, 0.1) is 18.1 Å². The van der Waals surface area contributed by atoms with E-state index in [9.17, 15) is 13.6 Å². The number of pyridine rings is 1. The predicted molar refractivity (Wildman–Crippen MR) is 111 cm³/mol. The average Bonchev–Trinajstić information content (AvgIpc) is 3.53. The Hall–Kier alpha value is -3.42. The van der Waals surface area contributed by atoms with E-state index >= 15 is 0 Å². The van der Waals surface area contributed by atoms with E-state index in [0.29, 0.717) is 35.1 Å². The lowest BCUT2D eigenvalue weighted by molar-refractivity contribution is -0.120. The molecule has 8 heteroatoms. The number of carbonyl (C=O) groups excluding carboxylic acids is 1. The molecule has 1 aliphatic carbocycles. The molecule has 2 heterocycles. The number of carbonyl (C=O) groups is 1. The molecule has 31 heavy (non-hydrogen) atoms. The largest absolute Gasteiger partial charge is 0.469 e. The summed E-state index contributed by atoms with van der Waals surface area (Å²) in [5.41, 5.74) is 1.80. The molecule has 3 aromatic rings. The van der Waals surface area contributed by atoms with Gasteiger partial charge in [0.1, 0.15) is 23.3 Å². The first-order valence-electron chi connectivity index (χ1n) is 9.95. The van der Waals surface area contributed by atoms with E-state index in [1.165, 1.54) is 23.1 Å². The summed E-state index contributed by atoms with van der Waals surface area (Å²) in [6.07, 6.45) is 3.24. The van der Waals surface area contributed by atoms with Crippen LogP contribution < -0.4 is 9.64 Å². The molecule has 0 bridgehead atoms. The van der Waals surface area contributed by atoms with Crippen LogP contribution in [0.5, 0.6) is 5.75 Å². The molecule has 1 amide bonds. The molecule has 2 unspecified atom stereocenters. The number of aromatic nitrogens is 3. The first-order chi connectivity index (χ1) is 14.8. The zero-order valence-electron chi connectivity index (χ0n) is 17.5. The predicted octanol–water partition coefficient (Wildman–Crippen LogP) is 4.25. The molecule has 1 saturated carbocycles. The minimum Gasteiger partial charge on any atom is -0.469 e. The molecule has 1 aromatic carbocycles. The number of ether oxygens (including phenoxy) is 1. The van der Waals surface area contributed by atoms with Crippen LogP contribution in [0.3, 0.4) is 0 Å². The Morgan fingerprint density at radius 2 is 1.97 bits per heavy atom. The van der Waals surface area contributed by atoms with Crippen LogP contribution in [0.25, 0.3) is 0 Å². The number of halogens is 2. The van der Waals surface area contributed by atoms with Crippen molar-refractivity contribution in [1.82, 2.24) is 15.0 Å². The average molecular weight is 424 g/mol. The van der Waals surface area contributed by atoms with Crippen molar-refractivity contribution in [3.05, 3.63) is 77.0 Å². The van der Waals surface area contributed by atoms with Gasteiger partial charge in [0.2, 0.25) is 5.91 Å². The molecule has 0 saturated heterocycles. The van der Waals surface area contributed by atoms with E-state index in [4.69, 9.17) is 4.74 Å². The fraction of sp³-hybridized carbons (Fsp3) is 0.304. The Morgan fingerprint density at radius 1 is 1.16 bits per heavy atom. The summed E-state index contributed by atoms with van der Waals surface area (Å²) in [5.74, 6) is -0.0443. The summed E-state index contributed by atoms with van der Waals surface area (Å²) in [6.45, 7) is 5.04. The Balaban J connectivity index is 1.57. The van der Waals surface area contributed by atoms with Crippen LogP contribution in [0.15, 0.2) is 42.7 Å². The lowest BCUT2D eigenvalue weighted by Crippen LogP contribution is -2.37. The summed E-state index contributed by atoms with van der Waals surface area (Å²) in [6, 6.07) is 7.78. The smallest absolute Gasteiger partial charge is 0.234 e. The standard InChI is InChI=1S/C23H22F2N4O2/c1-13-7-22(27-10-20(13)25)29(12-31-21-11-26-15(3)28-14(21)2)23(30)19-9-18(19)16-5-4-6-17(24)8-16/h4-8,10-11,18-19H,9,12H2,1-3H3. The molecule has 6 nitrogen and oxygen atoms in total. The van der Waals surface area contributed by atoms with Gasteiger partial charge in [-0.2, -0.15) is 0 Å². The Morgan fingerprint density at radius 3 is 2.68 bits per heavy atom. The van der Waals surface area contributed by atoms with Gasteiger partial charge in [0.25, 0.3) is 0 Å². The maximum Gasteiger partial charge on any atom is 0.234 e. The van der Waals surface area contributed by atoms with E-state index in [2.05, 4.69) is 15.0 Å². The molecular weight excluding hydrogens is 402 g/mol. The lowest BCUT2D eigenvalue weighted by atomic mass is 10.1. The Labute approximate surface area is 178 Å². The number of rotatable bonds is 6. The van der Waals surface area contributed by atoms with Crippen LogP contribution in [0, 0.1) is 38.3 Å². The second kappa shape index (κ2) is 8.37. The van der Waals surface area contributed by atoms with Gasteiger partial charge in [0.15, 0.2) is 12.5 Å². The molecule has 1 fully saturated rings. The van der Waals surface area contributed by atoms with Crippen LogP contribution in [0.1, 0.15) is 35.0 Å². The van der Waals surface area contributed by atoms with Crippen molar-refractivity contribution in [2.45, 2.75) is 33.1 Å². The van der Waals surface area contributed by atoms with Gasteiger partial charge >= 0.3 is 0 Å². The Kier molecular flexibility index (Phi) is 5.63. The number of amides is 1. The lowest BCUT2D eigenvalue weighted by Gasteiger charge is -2.23. The normalized spacial score (nSPS) is 17.3. The minimum absolute atomic E-state index is 0.0725. The summed E-state index contributed by atoms with van der Waals surface area (Å²) in [4.78, 5) is 27.2. The van der Waals surface area contributed by atoms with Crippen molar-refractivity contribution >= 4 is 11.7 Å². The van der Waals surface area contributed by atoms with Crippen molar-refractivity contribution in [2.75, 3.05) is 11.6 Å². The third-order valence-corrected chi connectivity index (χ3v) is 5.36. The van der Waals surface area contributed by atoms with Crippen LogP contribution in [0.2, 0.25) is 0 Å². The third kappa shape index (κ3) is 4.52. The van der Waals surface area contributed by atoms with E-state index in [0.717, 1.165) is 11.8 Å². The summed E-state index contributed by atoms with van der Waals surface area (Å²) in [5, 5.41) is 0. The molecule has 0 radical (unpaired) electrons. The van der Waals surface area contributed by atoms with Gasteiger partial charge in [-0.1, -0.05) is 12.1 Å². The molecular formula is C23H22F2N4O2. The van der Waals surface area contributed by atoms with E-state index in [1.807, 2.05) is 6.07 Å². The molecule has 0 aliphatic heterocycles. The second-order valence-corrected chi connectivity index (χ2v) is 7.70. The quantitative estimate of drug-likeness (QED) is 0.554. The molecule has 160 valence electrons. The van der Waals surface area contributed by atoms with Gasteiger partial charge in [-0.25, -0.2) is 23.7 Å². The highest BCUT2D eigenvalue weighted by molar-refractivity contribution is 5.96. The Bertz CT molecular complexity index is 1140. The van der Waals surface area contributed by atoms with Gasteiger partial charge in [-0.05, 0) is 62.4 Å². The molecule has 2 aromatic heterocycles. The van der Waals surface area contributed by atoms with Crippen molar-refractivity contribution in [3.8, 4) is 5.75 Å². The zero-order chi connectivity index (χ0) is 22.1. The van der Waals surface area contributed by atoms with E-state index in [-0.39, 0.29) is 30.3 Å². The first kappa shape index (κ1) is 20.8. The summed E-state index contributed by atoms with van der Waals surface area (Å²) < 4.78 is 33.2.